The average Bonchev–Trinajstić information content (AvgIpc) is 2.43. The number of nitrogens with one attached hydrogen (secondary N) is 1. The highest BCUT2D eigenvalue weighted by Gasteiger charge is 2.32. The third-order valence-corrected chi connectivity index (χ3v) is 3.11. The van der Waals surface area contributed by atoms with Gasteiger partial charge in [-0.3, -0.25) is 4.79 Å². The Labute approximate surface area is 112 Å². The van der Waals surface area contributed by atoms with E-state index in [0.29, 0.717) is 12.1 Å². The zero-order valence-corrected chi connectivity index (χ0v) is 10.6. The summed E-state index contributed by atoms with van der Waals surface area (Å²) in [6.07, 6.45) is 0.163. The lowest BCUT2D eigenvalue weighted by Gasteiger charge is -2.36. The van der Waals surface area contributed by atoms with Crippen molar-refractivity contribution in [3.63, 3.8) is 0 Å². The van der Waals surface area contributed by atoms with Crippen LogP contribution in [0.3, 0.4) is 0 Å². The van der Waals surface area contributed by atoms with Crippen molar-refractivity contribution in [2.45, 2.75) is 25.4 Å². The summed E-state index contributed by atoms with van der Waals surface area (Å²) in [4.78, 5) is 13.9. The molecule has 19 heavy (non-hydrogen) atoms. The number of carbonyl (C=O) groups is 1. The Balaban J connectivity index is 2.24. The Morgan fingerprint density at radius 3 is 2.63 bits per heavy atom. The predicted octanol–water partition coefficient (Wildman–Crippen LogP) is 1.17. The molecule has 2 rings (SSSR count). The fourth-order valence-electron chi connectivity index (χ4n) is 2.21. The summed E-state index contributed by atoms with van der Waals surface area (Å²) >= 11 is 0. The van der Waals surface area contributed by atoms with Crippen LogP contribution in [-0.4, -0.2) is 24.5 Å². The monoisotopic (exact) mass is 254 g/mol. The van der Waals surface area contributed by atoms with Crippen molar-refractivity contribution in [2.75, 3.05) is 11.4 Å². The van der Waals surface area contributed by atoms with Crippen molar-refractivity contribution in [3.8, 4) is 12.1 Å². The SMILES string of the molecule is CC1CN(c2ccc(C#N)cc2)C(=O)C(CC#N)N1. The van der Waals surface area contributed by atoms with E-state index < -0.39 is 6.04 Å². The van der Waals surface area contributed by atoms with Crippen LogP contribution in [0.5, 0.6) is 0 Å². The second kappa shape index (κ2) is 5.51. The smallest absolute Gasteiger partial charge is 0.245 e. The second-order valence-electron chi connectivity index (χ2n) is 4.59. The van der Waals surface area contributed by atoms with Gasteiger partial charge in [0.25, 0.3) is 0 Å². The van der Waals surface area contributed by atoms with Crippen molar-refractivity contribution < 1.29 is 4.79 Å². The molecule has 0 spiro atoms. The molecule has 5 heteroatoms. The number of hydrogen-bond donors (Lipinski definition) is 1. The van der Waals surface area contributed by atoms with E-state index in [2.05, 4.69) is 5.32 Å². The zero-order chi connectivity index (χ0) is 13.8. The minimum absolute atomic E-state index is 0.0932. The van der Waals surface area contributed by atoms with Gasteiger partial charge in [-0.2, -0.15) is 10.5 Å². The maximum Gasteiger partial charge on any atom is 0.245 e. The van der Waals surface area contributed by atoms with E-state index in [9.17, 15) is 4.79 Å². The van der Waals surface area contributed by atoms with Crippen LogP contribution < -0.4 is 10.2 Å². The molecular formula is C14H14N4O. The Morgan fingerprint density at radius 2 is 2.05 bits per heavy atom. The number of nitriles is 2. The minimum Gasteiger partial charge on any atom is -0.309 e. The number of carbonyl (C=O) groups excluding carboxylic acids is 1. The van der Waals surface area contributed by atoms with Gasteiger partial charge in [-0.25, -0.2) is 0 Å². The van der Waals surface area contributed by atoms with Crippen molar-refractivity contribution in [1.29, 1.82) is 10.5 Å². The highest BCUT2D eigenvalue weighted by atomic mass is 16.2. The van der Waals surface area contributed by atoms with Gasteiger partial charge in [0.2, 0.25) is 5.91 Å². The highest BCUT2D eigenvalue weighted by molar-refractivity contribution is 5.98. The lowest BCUT2D eigenvalue weighted by Crippen LogP contribution is -2.59. The van der Waals surface area contributed by atoms with Crippen molar-refractivity contribution in [1.82, 2.24) is 5.32 Å². The van der Waals surface area contributed by atoms with Gasteiger partial charge in [-0.15, -0.1) is 0 Å². The molecule has 1 aromatic rings. The molecule has 1 amide bonds. The minimum atomic E-state index is -0.454. The molecule has 1 aromatic carbocycles. The van der Waals surface area contributed by atoms with Crippen LogP contribution in [0, 0.1) is 22.7 Å². The number of amides is 1. The number of rotatable bonds is 2. The van der Waals surface area contributed by atoms with Crippen LogP contribution in [-0.2, 0) is 4.79 Å². The summed E-state index contributed by atoms with van der Waals surface area (Å²) in [6.45, 7) is 2.54. The van der Waals surface area contributed by atoms with E-state index in [-0.39, 0.29) is 18.4 Å². The van der Waals surface area contributed by atoms with Crippen molar-refractivity contribution in [2.24, 2.45) is 0 Å². The number of hydrogen-bond acceptors (Lipinski definition) is 4. The molecule has 1 N–H and O–H groups in total. The van der Waals surface area contributed by atoms with Crippen LogP contribution >= 0.6 is 0 Å². The molecule has 1 heterocycles. The predicted molar refractivity (Wildman–Crippen MR) is 70.1 cm³/mol. The Bertz CT molecular complexity index is 552. The molecule has 2 unspecified atom stereocenters. The third-order valence-electron chi connectivity index (χ3n) is 3.11. The normalized spacial score (nSPS) is 22.7. The topological polar surface area (TPSA) is 79.9 Å². The first kappa shape index (κ1) is 13.1. The molecule has 1 saturated heterocycles. The summed E-state index contributed by atoms with van der Waals surface area (Å²) in [5, 5.41) is 20.6. The van der Waals surface area contributed by atoms with Crippen LogP contribution in [0.25, 0.3) is 0 Å². The van der Waals surface area contributed by atoms with Crippen LogP contribution in [0.15, 0.2) is 24.3 Å². The fourth-order valence-corrected chi connectivity index (χ4v) is 2.21. The molecule has 1 fully saturated rings. The van der Waals surface area contributed by atoms with Gasteiger partial charge in [-0.05, 0) is 31.2 Å². The molecule has 1 aliphatic heterocycles. The molecule has 0 saturated carbocycles. The van der Waals surface area contributed by atoms with Crippen LogP contribution in [0.1, 0.15) is 18.9 Å². The third kappa shape index (κ3) is 2.73. The number of nitrogens with zero attached hydrogens (tertiary/aromatic N) is 3. The molecule has 5 nitrogen and oxygen atoms in total. The number of anilines is 1. The van der Waals surface area contributed by atoms with E-state index in [1.807, 2.05) is 19.1 Å². The molecule has 0 bridgehead atoms. The molecule has 96 valence electrons. The average molecular weight is 254 g/mol. The molecular weight excluding hydrogens is 240 g/mol. The van der Waals surface area contributed by atoms with E-state index in [0.717, 1.165) is 5.69 Å². The molecule has 0 aliphatic carbocycles. The van der Waals surface area contributed by atoms with E-state index in [4.69, 9.17) is 10.5 Å². The first-order chi connectivity index (χ1) is 9.15. The first-order valence-corrected chi connectivity index (χ1v) is 6.10. The number of benzene rings is 1. The highest BCUT2D eigenvalue weighted by Crippen LogP contribution is 2.20. The van der Waals surface area contributed by atoms with Gasteiger partial charge < -0.3 is 10.2 Å². The van der Waals surface area contributed by atoms with Gasteiger partial charge >= 0.3 is 0 Å². The fraction of sp³-hybridized carbons (Fsp3) is 0.357. The zero-order valence-electron chi connectivity index (χ0n) is 10.6. The summed E-state index contributed by atoms with van der Waals surface area (Å²) < 4.78 is 0. The summed E-state index contributed by atoms with van der Waals surface area (Å²) in [6, 6.07) is 10.7. The Hall–Kier alpha value is -2.37. The summed E-state index contributed by atoms with van der Waals surface area (Å²) in [7, 11) is 0. The van der Waals surface area contributed by atoms with E-state index >= 15 is 0 Å². The van der Waals surface area contributed by atoms with Crippen LogP contribution in [0.2, 0.25) is 0 Å². The quantitative estimate of drug-likeness (QED) is 0.859. The van der Waals surface area contributed by atoms with Crippen LogP contribution in [0.4, 0.5) is 5.69 Å². The van der Waals surface area contributed by atoms with E-state index in [1.54, 1.807) is 29.2 Å². The molecule has 1 aliphatic rings. The van der Waals surface area contributed by atoms with Gasteiger partial charge in [0.05, 0.1) is 24.1 Å². The maximum atomic E-state index is 12.3. The molecule has 0 aromatic heterocycles. The first-order valence-electron chi connectivity index (χ1n) is 6.10. The standard InChI is InChI=1S/C14H14N4O/c1-10-9-18(14(19)13(17-10)6-7-15)12-4-2-11(8-16)3-5-12/h2-5,10,13,17H,6,9H2,1H3. The van der Waals surface area contributed by atoms with Crippen molar-refractivity contribution in [3.05, 3.63) is 29.8 Å². The lowest BCUT2D eigenvalue weighted by atomic mass is 10.1. The van der Waals surface area contributed by atoms with E-state index in [1.165, 1.54) is 0 Å². The Morgan fingerprint density at radius 1 is 1.37 bits per heavy atom. The maximum absolute atomic E-state index is 12.3. The summed E-state index contributed by atoms with van der Waals surface area (Å²) in [5.41, 5.74) is 1.33. The Kier molecular flexibility index (Phi) is 3.79. The molecule has 2 atom stereocenters. The van der Waals surface area contributed by atoms with Gasteiger partial charge in [0.1, 0.15) is 6.04 Å². The van der Waals surface area contributed by atoms with Gasteiger partial charge in [0.15, 0.2) is 0 Å². The van der Waals surface area contributed by atoms with Gasteiger partial charge in [-0.1, -0.05) is 0 Å². The number of piperazine rings is 1. The van der Waals surface area contributed by atoms with Crippen molar-refractivity contribution >= 4 is 11.6 Å². The summed E-state index contributed by atoms with van der Waals surface area (Å²) in [5.74, 6) is -0.0932. The lowest BCUT2D eigenvalue weighted by molar-refractivity contribution is -0.122. The van der Waals surface area contributed by atoms with Gasteiger partial charge in [0, 0.05) is 18.3 Å². The largest absolute Gasteiger partial charge is 0.309 e. The second-order valence-corrected chi connectivity index (χ2v) is 4.59. The molecule has 0 radical (unpaired) electrons.